The zero-order valence-electron chi connectivity index (χ0n) is 6.68. The highest BCUT2D eigenvalue weighted by Crippen LogP contribution is 2.26. The van der Waals surface area contributed by atoms with Gasteiger partial charge >= 0.3 is 0 Å². The highest BCUT2D eigenvalue weighted by molar-refractivity contribution is 6.07. The number of ketones is 1. The molecule has 1 aliphatic heterocycles. The van der Waals surface area contributed by atoms with E-state index in [1.165, 1.54) is 18.6 Å². The van der Waals surface area contributed by atoms with Gasteiger partial charge in [0.05, 0.1) is 5.92 Å². The molecule has 2 aliphatic rings. The maximum Gasteiger partial charge on any atom is 0.143 e. The maximum absolute atomic E-state index is 11.3. The van der Waals surface area contributed by atoms with Crippen LogP contribution in [0.5, 0.6) is 0 Å². The smallest absolute Gasteiger partial charge is 0.143 e. The third-order valence-corrected chi connectivity index (χ3v) is 2.64. The Bertz CT molecular complexity index is 208. The summed E-state index contributed by atoms with van der Waals surface area (Å²) in [5.41, 5.74) is 1.20. The number of hydrogen-bond acceptors (Lipinski definition) is 2. The van der Waals surface area contributed by atoms with Gasteiger partial charge in [-0.1, -0.05) is 6.42 Å². The Hall–Kier alpha value is -0.660. The molecule has 0 bridgehead atoms. The predicted molar refractivity (Wildman–Crippen MR) is 43.9 cm³/mol. The Labute approximate surface area is 66.7 Å². The summed E-state index contributed by atoms with van der Waals surface area (Å²) >= 11 is 0. The van der Waals surface area contributed by atoms with Crippen LogP contribution in [-0.2, 0) is 4.79 Å². The molecule has 0 saturated heterocycles. The van der Waals surface area contributed by atoms with Crippen molar-refractivity contribution in [1.29, 1.82) is 0 Å². The minimum atomic E-state index is 0.234. The van der Waals surface area contributed by atoms with E-state index in [1.54, 1.807) is 0 Å². The number of carbonyl (C=O) groups excluding carboxylic acids is 1. The van der Waals surface area contributed by atoms with Crippen LogP contribution in [0.1, 0.15) is 32.1 Å². The molecule has 1 atom stereocenters. The van der Waals surface area contributed by atoms with Crippen LogP contribution in [0.25, 0.3) is 0 Å². The molecule has 1 unspecified atom stereocenters. The summed E-state index contributed by atoms with van der Waals surface area (Å²) in [6.07, 6.45) is 5.29. The molecule has 0 N–H and O–H groups in total. The summed E-state index contributed by atoms with van der Waals surface area (Å²) in [7, 11) is 0. The van der Waals surface area contributed by atoms with Gasteiger partial charge in [-0.15, -0.1) is 0 Å². The topological polar surface area (TPSA) is 29.4 Å². The lowest BCUT2D eigenvalue weighted by molar-refractivity contribution is -0.121. The zero-order chi connectivity index (χ0) is 7.68. The van der Waals surface area contributed by atoms with Crippen LogP contribution in [-0.4, -0.2) is 18.0 Å². The zero-order valence-corrected chi connectivity index (χ0v) is 6.68. The summed E-state index contributed by atoms with van der Waals surface area (Å²) in [6, 6.07) is 0. The number of rotatable bonds is 0. The predicted octanol–water partition coefficient (Wildman–Crippen LogP) is 1.59. The first-order valence-electron chi connectivity index (χ1n) is 4.44. The molecule has 0 amide bonds. The first-order chi connectivity index (χ1) is 5.38. The van der Waals surface area contributed by atoms with E-state index in [2.05, 4.69) is 4.99 Å². The van der Waals surface area contributed by atoms with Crippen molar-refractivity contribution in [3.63, 3.8) is 0 Å². The van der Waals surface area contributed by atoms with Gasteiger partial charge in [-0.2, -0.15) is 0 Å². The second-order valence-electron chi connectivity index (χ2n) is 3.39. The van der Waals surface area contributed by atoms with Crippen molar-refractivity contribution in [2.24, 2.45) is 10.9 Å². The van der Waals surface area contributed by atoms with Crippen LogP contribution in [0.3, 0.4) is 0 Å². The summed E-state index contributed by atoms with van der Waals surface area (Å²) in [6.45, 7) is 0.755. The van der Waals surface area contributed by atoms with Gasteiger partial charge < -0.3 is 0 Å². The number of Topliss-reactive ketones (excluding diaryl/α,β-unsaturated/α-hetero) is 1. The van der Waals surface area contributed by atoms with E-state index in [9.17, 15) is 4.79 Å². The van der Waals surface area contributed by atoms with E-state index in [1.807, 2.05) is 0 Å². The van der Waals surface area contributed by atoms with E-state index in [0.29, 0.717) is 12.2 Å². The molecule has 0 aromatic heterocycles. The van der Waals surface area contributed by atoms with Crippen molar-refractivity contribution >= 4 is 11.5 Å². The first kappa shape index (κ1) is 7.01. The van der Waals surface area contributed by atoms with E-state index in [0.717, 1.165) is 19.4 Å². The molecule has 1 aliphatic carbocycles. The Kier molecular flexibility index (Phi) is 1.76. The monoisotopic (exact) mass is 151 g/mol. The lowest BCUT2D eigenvalue weighted by atomic mass is 9.82. The summed E-state index contributed by atoms with van der Waals surface area (Å²) in [5, 5.41) is 0. The van der Waals surface area contributed by atoms with Crippen molar-refractivity contribution in [3.8, 4) is 0 Å². The van der Waals surface area contributed by atoms with Crippen molar-refractivity contribution in [2.45, 2.75) is 32.1 Å². The molecule has 60 valence electrons. The fourth-order valence-corrected chi connectivity index (χ4v) is 2.02. The number of hydrogen-bond donors (Lipinski definition) is 0. The third kappa shape index (κ3) is 1.22. The van der Waals surface area contributed by atoms with Gasteiger partial charge in [0.25, 0.3) is 0 Å². The summed E-state index contributed by atoms with van der Waals surface area (Å²) in [4.78, 5) is 15.7. The fraction of sp³-hybridized carbons (Fsp3) is 0.778. The second-order valence-corrected chi connectivity index (χ2v) is 3.39. The highest BCUT2D eigenvalue weighted by atomic mass is 16.1. The number of nitrogens with zero attached hydrogens (tertiary/aromatic N) is 1. The van der Waals surface area contributed by atoms with Gasteiger partial charge in [-0.05, 0) is 19.3 Å². The molecule has 2 heteroatoms. The molecule has 2 rings (SSSR count). The van der Waals surface area contributed by atoms with Crippen LogP contribution in [0.4, 0.5) is 0 Å². The van der Waals surface area contributed by atoms with Crippen molar-refractivity contribution < 1.29 is 4.79 Å². The Morgan fingerprint density at radius 3 is 3.00 bits per heavy atom. The van der Waals surface area contributed by atoms with Gasteiger partial charge in [0.1, 0.15) is 5.78 Å². The standard InChI is InChI=1S/C9H13NO/c11-9-5-6-10-8-4-2-1-3-7(8)9/h7H,1-6H2. The quantitative estimate of drug-likeness (QED) is 0.517. The molecule has 0 aromatic carbocycles. The van der Waals surface area contributed by atoms with Crippen LogP contribution in [0.2, 0.25) is 0 Å². The van der Waals surface area contributed by atoms with Gasteiger partial charge in [-0.25, -0.2) is 0 Å². The number of aliphatic imine (C=N–C) groups is 1. The normalized spacial score (nSPS) is 31.1. The summed E-state index contributed by atoms with van der Waals surface area (Å²) < 4.78 is 0. The minimum Gasteiger partial charge on any atom is -0.299 e. The van der Waals surface area contributed by atoms with E-state index in [-0.39, 0.29) is 5.92 Å². The molecule has 1 saturated carbocycles. The number of carbonyl (C=O) groups is 1. The van der Waals surface area contributed by atoms with Crippen LogP contribution >= 0.6 is 0 Å². The van der Waals surface area contributed by atoms with Crippen molar-refractivity contribution in [2.75, 3.05) is 6.54 Å². The van der Waals surface area contributed by atoms with E-state index >= 15 is 0 Å². The molecular weight excluding hydrogens is 138 g/mol. The van der Waals surface area contributed by atoms with Crippen molar-refractivity contribution in [3.05, 3.63) is 0 Å². The third-order valence-electron chi connectivity index (χ3n) is 2.64. The molecular formula is C9H13NO. The van der Waals surface area contributed by atoms with Crippen LogP contribution in [0, 0.1) is 5.92 Å². The van der Waals surface area contributed by atoms with Gasteiger partial charge in [0.15, 0.2) is 0 Å². The molecule has 0 aromatic rings. The lowest BCUT2D eigenvalue weighted by Crippen LogP contribution is -2.31. The van der Waals surface area contributed by atoms with Gasteiger partial charge in [0.2, 0.25) is 0 Å². The molecule has 0 spiro atoms. The van der Waals surface area contributed by atoms with Gasteiger partial charge in [0, 0.05) is 18.7 Å². The Morgan fingerprint density at radius 2 is 2.18 bits per heavy atom. The van der Waals surface area contributed by atoms with Crippen LogP contribution < -0.4 is 0 Å². The fourth-order valence-electron chi connectivity index (χ4n) is 2.02. The molecule has 2 nitrogen and oxygen atoms in total. The van der Waals surface area contributed by atoms with E-state index in [4.69, 9.17) is 0 Å². The minimum absolute atomic E-state index is 0.234. The molecule has 1 fully saturated rings. The molecule has 11 heavy (non-hydrogen) atoms. The van der Waals surface area contributed by atoms with Gasteiger partial charge in [-0.3, -0.25) is 9.79 Å². The maximum atomic E-state index is 11.3. The number of fused-ring (bicyclic) bond motifs is 1. The first-order valence-corrected chi connectivity index (χ1v) is 4.44. The molecule has 1 heterocycles. The Morgan fingerprint density at radius 1 is 1.27 bits per heavy atom. The van der Waals surface area contributed by atoms with Crippen molar-refractivity contribution in [1.82, 2.24) is 0 Å². The second kappa shape index (κ2) is 2.76. The largest absolute Gasteiger partial charge is 0.299 e. The van der Waals surface area contributed by atoms with E-state index < -0.39 is 0 Å². The average Bonchev–Trinajstić information content (AvgIpc) is 2.06. The molecule has 0 radical (unpaired) electrons. The van der Waals surface area contributed by atoms with Crippen LogP contribution in [0.15, 0.2) is 4.99 Å². The lowest BCUT2D eigenvalue weighted by Gasteiger charge is -2.25. The Balaban J connectivity index is 2.19. The SMILES string of the molecule is O=C1CCN=C2CCCCC12. The summed E-state index contributed by atoms with van der Waals surface area (Å²) in [5.74, 6) is 0.673. The average molecular weight is 151 g/mol. The highest BCUT2D eigenvalue weighted by Gasteiger charge is 2.28.